The van der Waals surface area contributed by atoms with Gasteiger partial charge >= 0.3 is 0 Å². The summed E-state index contributed by atoms with van der Waals surface area (Å²) in [5.74, 6) is -0.881. The summed E-state index contributed by atoms with van der Waals surface area (Å²) in [4.78, 5) is 14.8. The van der Waals surface area contributed by atoms with Gasteiger partial charge in [0.1, 0.15) is 0 Å². The zero-order chi connectivity index (χ0) is 15.5. The summed E-state index contributed by atoms with van der Waals surface area (Å²) in [5.41, 5.74) is -0.670. The van der Waals surface area contributed by atoms with Crippen molar-refractivity contribution in [2.45, 2.75) is 39.7 Å². The van der Waals surface area contributed by atoms with E-state index in [2.05, 4.69) is 15.9 Å². The van der Waals surface area contributed by atoms with Crippen molar-refractivity contribution in [1.29, 1.82) is 0 Å². The minimum atomic E-state index is -0.721. The number of ketones is 1. The lowest BCUT2D eigenvalue weighted by Gasteiger charge is -2.38. The van der Waals surface area contributed by atoms with Crippen molar-refractivity contribution in [2.75, 3.05) is 13.1 Å². The Hall–Kier alpha value is -0.450. The van der Waals surface area contributed by atoms with E-state index < -0.39 is 11.4 Å². The molecule has 0 spiro atoms. The van der Waals surface area contributed by atoms with E-state index in [4.69, 9.17) is 11.6 Å². The highest BCUT2D eigenvalue weighted by atomic mass is 79.9. The summed E-state index contributed by atoms with van der Waals surface area (Å²) in [5, 5.41) is -0.0474. The zero-order valence-electron chi connectivity index (χ0n) is 12.3. The molecule has 1 atom stereocenters. The van der Waals surface area contributed by atoms with Crippen molar-refractivity contribution in [3.05, 3.63) is 33.0 Å². The van der Waals surface area contributed by atoms with E-state index in [0.29, 0.717) is 10.9 Å². The van der Waals surface area contributed by atoms with Crippen LogP contribution in [0.3, 0.4) is 0 Å². The summed E-state index contributed by atoms with van der Waals surface area (Å²) >= 11 is 9.04. The maximum absolute atomic E-state index is 14.2. The van der Waals surface area contributed by atoms with Gasteiger partial charge in [-0.15, -0.1) is 0 Å². The summed E-state index contributed by atoms with van der Waals surface area (Å²) in [7, 11) is 0. The molecule has 5 heteroatoms. The van der Waals surface area contributed by atoms with Gasteiger partial charge in [0, 0.05) is 4.47 Å². The summed E-state index contributed by atoms with van der Waals surface area (Å²) in [6.45, 7) is 9.26. The van der Waals surface area contributed by atoms with Crippen LogP contribution in [0.15, 0.2) is 16.6 Å². The molecule has 20 heavy (non-hydrogen) atoms. The molecule has 0 heterocycles. The third-order valence-corrected chi connectivity index (χ3v) is 5.18. The number of carbonyl (C=O) groups is 1. The summed E-state index contributed by atoms with van der Waals surface area (Å²) in [6.07, 6.45) is 0.612. The molecule has 0 aromatic heterocycles. The lowest BCUT2D eigenvalue weighted by molar-refractivity contribution is 0.0603. The van der Waals surface area contributed by atoms with Crippen LogP contribution in [0.2, 0.25) is 5.02 Å². The van der Waals surface area contributed by atoms with Gasteiger partial charge in [-0.2, -0.15) is 0 Å². The van der Waals surface area contributed by atoms with Crippen molar-refractivity contribution in [2.24, 2.45) is 0 Å². The Morgan fingerprint density at radius 3 is 2.35 bits per heavy atom. The van der Waals surface area contributed by atoms with E-state index in [0.717, 1.165) is 13.1 Å². The Labute approximate surface area is 133 Å². The van der Waals surface area contributed by atoms with Gasteiger partial charge in [-0.25, -0.2) is 4.39 Å². The van der Waals surface area contributed by atoms with Crippen LogP contribution in [0, 0.1) is 5.82 Å². The molecule has 0 aliphatic rings. The second-order valence-corrected chi connectivity index (χ2v) is 6.08. The van der Waals surface area contributed by atoms with E-state index in [-0.39, 0.29) is 16.4 Å². The van der Waals surface area contributed by atoms with Crippen molar-refractivity contribution in [3.8, 4) is 0 Å². The first-order valence-electron chi connectivity index (χ1n) is 6.76. The molecule has 0 bridgehead atoms. The van der Waals surface area contributed by atoms with E-state index in [1.54, 1.807) is 6.07 Å². The Kier molecular flexibility index (Phi) is 6.17. The number of Topliss-reactive ketones (excluding diaryl/α,β-unsaturated/α-hetero) is 1. The average Bonchev–Trinajstić information content (AvgIpc) is 2.45. The molecule has 0 radical (unpaired) electrons. The standard InChI is InChI=1S/C15H20BrClFNO/c1-5-15(4,19(6-2)7-3)14(20)10-8-9-11(16)12(17)13(10)18/h8-9H,5-7H2,1-4H3. The maximum atomic E-state index is 14.2. The van der Waals surface area contributed by atoms with Gasteiger partial charge < -0.3 is 0 Å². The van der Waals surface area contributed by atoms with Gasteiger partial charge in [0.15, 0.2) is 11.6 Å². The second kappa shape index (κ2) is 7.01. The van der Waals surface area contributed by atoms with Crippen LogP contribution in [-0.4, -0.2) is 29.3 Å². The molecule has 0 aliphatic heterocycles. The Morgan fingerprint density at radius 2 is 1.90 bits per heavy atom. The smallest absolute Gasteiger partial charge is 0.185 e. The van der Waals surface area contributed by atoms with Crippen LogP contribution >= 0.6 is 27.5 Å². The van der Waals surface area contributed by atoms with E-state index >= 15 is 0 Å². The van der Waals surface area contributed by atoms with Gasteiger partial charge in [-0.3, -0.25) is 9.69 Å². The molecule has 0 aliphatic carbocycles. The number of carbonyl (C=O) groups excluding carboxylic acids is 1. The van der Waals surface area contributed by atoms with Crippen LogP contribution in [0.1, 0.15) is 44.5 Å². The third kappa shape index (κ3) is 3.07. The lowest BCUT2D eigenvalue weighted by Crippen LogP contribution is -2.52. The Bertz CT molecular complexity index is 505. The molecule has 2 nitrogen and oxygen atoms in total. The van der Waals surface area contributed by atoms with E-state index in [1.807, 2.05) is 32.6 Å². The predicted octanol–water partition coefficient (Wildman–Crippen LogP) is 4.93. The lowest BCUT2D eigenvalue weighted by atomic mass is 9.86. The minimum absolute atomic E-state index is 0.0474. The van der Waals surface area contributed by atoms with Crippen LogP contribution in [0.4, 0.5) is 4.39 Å². The molecule has 1 aromatic carbocycles. The molecule has 1 aromatic rings. The van der Waals surface area contributed by atoms with E-state index in [9.17, 15) is 9.18 Å². The van der Waals surface area contributed by atoms with Gasteiger partial charge in [-0.05, 0) is 54.5 Å². The number of rotatable bonds is 6. The second-order valence-electron chi connectivity index (χ2n) is 4.85. The average molecular weight is 365 g/mol. The first-order valence-corrected chi connectivity index (χ1v) is 7.93. The molecular formula is C15H20BrClFNO. The summed E-state index contributed by atoms with van der Waals surface area (Å²) < 4.78 is 14.7. The highest BCUT2D eigenvalue weighted by Gasteiger charge is 2.38. The number of nitrogens with zero attached hydrogens (tertiary/aromatic N) is 1. The van der Waals surface area contributed by atoms with Crippen LogP contribution in [-0.2, 0) is 0 Å². The highest BCUT2D eigenvalue weighted by Crippen LogP contribution is 2.31. The van der Waals surface area contributed by atoms with Gasteiger partial charge in [-0.1, -0.05) is 32.4 Å². The zero-order valence-corrected chi connectivity index (χ0v) is 14.6. The largest absolute Gasteiger partial charge is 0.292 e. The number of hydrogen-bond acceptors (Lipinski definition) is 2. The SMILES string of the molecule is CCN(CC)C(C)(CC)C(=O)c1ccc(Br)c(Cl)c1F. The Morgan fingerprint density at radius 1 is 1.35 bits per heavy atom. The molecule has 0 saturated carbocycles. The number of hydrogen-bond donors (Lipinski definition) is 0. The summed E-state index contributed by atoms with van der Waals surface area (Å²) in [6, 6.07) is 3.10. The Balaban J connectivity index is 3.31. The molecule has 1 rings (SSSR count). The topological polar surface area (TPSA) is 20.3 Å². The molecule has 0 fully saturated rings. The molecular weight excluding hydrogens is 345 g/mol. The fourth-order valence-corrected chi connectivity index (χ4v) is 2.91. The molecule has 0 amide bonds. The van der Waals surface area contributed by atoms with E-state index in [1.165, 1.54) is 6.07 Å². The maximum Gasteiger partial charge on any atom is 0.185 e. The van der Waals surface area contributed by atoms with Crippen molar-refractivity contribution >= 4 is 33.3 Å². The third-order valence-electron chi connectivity index (χ3n) is 3.92. The quantitative estimate of drug-likeness (QED) is 0.526. The van der Waals surface area contributed by atoms with Crippen LogP contribution < -0.4 is 0 Å². The number of likely N-dealkylation sites (N-methyl/N-ethyl adjacent to an activating group) is 1. The molecule has 112 valence electrons. The normalized spacial score (nSPS) is 14.4. The van der Waals surface area contributed by atoms with Crippen LogP contribution in [0.25, 0.3) is 0 Å². The van der Waals surface area contributed by atoms with Crippen molar-refractivity contribution < 1.29 is 9.18 Å². The van der Waals surface area contributed by atoms with Crippen LogP contribution in [0.5, 0.6) is 0 Å². The number of benzene rings is 1. The first kappa shape index (κ1) is 17.6. The fraction of sp³-hybridized carbons (Fsp3) is 0.533. The molecule has 1 unspecified atom stereocenters. The predicted molar refractivity (Wildman–Crippen MR) is 85.1 cm³/mol. The molecule has 0 N–H and O–H groups in total. The van der Waals surface area contributed by atoms with Crippen molar-refractivity contribution in [1.82, 2.24) is 4.90 Å². The van der Waals surface area contributed by atoms with Gasteiger partial charge in [0.25, 0.3) is 0 Å². The fourth-order valence-electron chi connectivity index (χ4n) is 2.44. The van der Waals surface area contributed by atoms with Gasteiger partial charge in [0.2, 0.25) is 0 Å². The first-order chi connectivity index (χ1) is 9.33. The minimum Gasteiger partial charge on any atom is -0.292 e. The number of halogens is 3. The highest BCUT2D eigenvalue weighted by molar-refractivity contribution is 9.10. The monoisotopic (exact) mass is 363 g/mol. The van der Waals surface area contributed by atoms with Gasteiger partial charge in [0.05, 0.1) is 16.1 Å². The van der Waals surface area contributed by atoms with Crippen molar-refractivity contribution in [3.63, 3.8) is 0 Å². The molecule has 0 saturated heterocycles.